The molecule has 1 heteroatoms. The normalized spacial score (nSPS) is 36.8. The summed E-state index contributed by atoms with van der Waals surface area (Å²) in [5.74, 6) is 0. The summed E-state index contributed by atoms with van der Waals surface area (Å²) in [5.41, 5.74) is 1.52. The van der Waals surface area contributed by atoms with E-state index in [0.29, 0.717) is 0 Å². The van der Waals surface area contributed by atoms with E-state index in [0.717, 1.165) is 12.1 Å². The molecule has 0 N–H and O–H groups in total. The third kappa shape index (κ3) is 1.19. The first kappa shape index (κ1) is 7.57. The molecule has 1 aromatic carbocycles. The standard InChI is InChI=1S/C12H15N/c1-2-6-10(7-3-1)12-11-8-4-5-9-13(11)12/h1-3,6-7,11-12H,4-5,8-9H2. The van der Waals surface area contributed by atoms with E-state index in [2.05, 4.69) is 35.2 Å². The molecule has 3 atom stereocenters. The lowest BCUT2D eigenvalue weighted by atomic mass is 10.1. The minimum atomic E-state index is 0.767. The first-order chi connectivity index (χ1) is 6.47. The van der Waals surface area contributed by atoms with Gasteiger partial charge in [-0.1, -0.05) is 36.8 Å². The van der Waals surface area contributed by atoms with Crippen molar-refractivity contribution >= 4 is 0 Å². The fourth-order valence-corrected chi connectivity index (χ4v) is 2.67. The van der Waals surface area contributed by atoms with Gasteiger partial charge in [-0.2, -0.15) is 0 Å². The molecule has 1 aromatic rings. The third-order valence-electron chi connectivity index (χ3n) is 3.37. The first-order valence-corrected chi connectivity index (χ1v) is 5.27. The van der Waals surface area contributed by atoms with Crippen LogP contribution in [-0.2, 0) is 0 Å². The Morgan fingerprint density at radius 1 is 1.08 bits per heavy atom. The molecule has 0 aromatic heterocycles. The summed E-state index contributed by atoms with van der Waals surface area (Å²) in [5, 5.41) is 0. The lowest BCUT2D eigenvalue weighted by Crippen LogP contribution is -2.09. The monoisotopic (exact) mass is 173 g/mol. The highest BCUT2D eigenvalue weighted by Crippen LogP contribution is 2.47. The van der Waals surface area contributed by atoms with Crippen LogP contribution in [-0.4, -0.2) is 17.5 Å². The van der Waals surface area contributed by atoms with Crippen LogP contribution in [0.1, 0.15) is 30.9 Å². The molecule has 1 nitrogen and oxygen atoms in total. The van der Waals surface area contributed by atoms with E-state index >= 15 is 0 Å². The molecule has 68 valence electrons. The molecule has 0 spiro atoms. The summed E-state index contributed by atoms with van der Waals surface area (Å²) in [7, 11) is 0. The molecule has 3 rings (SSSR count). The van der Waals surface area contributed by atoms with Crippen molar-refractivity contribution in [1.29, 1.82) is 0 Å². The summed E-state index contributed by atoms with van der Waals surface area (Å²) in [6.45, 7) is 1.32. The Morgan fingerprint density at radius 3 is 2.62 bits per heavy atom. The Kier molecular flexibility index (Phi) is 1.66. The molecule has 2 aliphatic rings. The Bertz CT molecular complexity index is 281. The maximum absolute atomic E-state index is 2.64. The maximum Gasteiger partial charge on any atom is 0.0507 e. The first-order valence-electron chi connectivity index (χ1n) is 5.27. The summed E-state index contributed by atoms with van der Waals surface area (Å²) >= 11 is 0. The molecule has 2 heterocycles. The number of benzene rings is 1. The van der Waals surface area contributed by atoms with Gasteiger partial charge in [0.2, 0.25) is 0 Å². The molecule has 0 aliphatic carbocycles. The second kappa shape index (κ2) is 2.85. The summed E-state index contributed by atoms with van der Waals surface area (Å²) < 4.78 is 0. The number of fused-ring (bicyclic) bond motifs is 1. The number of hydrogen-bond acceptors (Lipinski definition) is 1. The fraction of sp³-hybridized carbons (Fsp3) is 0.500. The van der Waals surface area contributed by atoms with Crippen molar-refractivity contribution in [2.45, 2.75) is 31.3 Å². The van der Waals surface area contributed by atoms with E-state index < -0.39 is 0 Å². The summed E-state index contributed by atoms with van der Waals surface area (Å²) in [4.78, 5) is 2.64. The van der Waals surface area contributed by atoms with Gasteiger partial charge in [0.05, 0.1) is 6.04 Å². The average molecular weight is 173 g/mol. The summed E-state index contributed by atoms with van der Waals surface area (Å²) in [6, 6.07) is 12.6. The maximum atomic E-state index is 2.64. The van der Waals surface area contributed by atoms with Crippen molar-refractivity contribution in [3.05, 3.63) is 35.9 Å². The molecule has 0 bridgehead atoms. The largest absolute Gasteiger partial charge is 0.290 e. The topological polar surface area (TPSA) is 3.01 Å². The quantitative estimate of drug-likeness (QED) is 0.590. The van der Waals surface area contributed by atoms with Gasteiger partial charge in [0, 0.05) is 6.04 Å². The zero-order valence-corrected chi connectivity index (χ0v) is 7.82. The smallest absolute Gasteiger partial charge is 0.0507 e. The van der Waals surface area contributed by atoms with Gasteiger partial charge in [-0.15, -0.1) is 0 Å². The molecule has 0 saturated carbocycles. The van der Waals surface area contributed by atoms with Crippen molar-refractivity contribution in [3.63, 3.8) is 0 Å². The minimum absolute atomic E-state index is 0.767. The Hall–Kier alpha value is -0.820. The highest BCUT2D eigenvalue weighted by Gasteiger charge is 2.48. The van der Waals surface area contributed by atoms with Crippen molar-refractivity contribution in [1.82, 2.24) is 4.90 Å². The van der Waals surface area contributed by atoms with Crippen molar-refractivity contribution in [2.75, 3.05) is 6.54 Å². The van der Waals surface area contributed by atoms with Gasteiger partial charge in [-0.05, 0) is 24.9 Å². The van der Waals surface area contributed by atoms with Gasteiger partial charge >= 0.3 is 0 Å². The number of rotatable bonds is 1. The predicted molar refractivity (Wildman–Crippen MR) is 53.5 cm³/mol. The molecule has 3 unspecified atom stereocenters. The lowest BCUT2D eigenvalue weighted by molar-refractivity contribution is 0.400. The van der Waals surface area contributed by atoms with E-state index in [-0.39, 0.29) is 0 Å². The SMILES string of the molecule is c1ccc(C2C3CCCCN32)cc1. The van der Waals surface area contributed by atoms with Gasteiger partial charge in [0.15, 0.2) is 0 Å². The van der Waals surface area contributed by atoms with E-state index in [1.54, 1.807) is 0 Å². The van der Waals surface area contributed by atoms with Crippen LogP contribution in [0.5, 0.6) is 0 Å². The predicted octanol–water partition coefficient (Wildman–Crippen LogP) is 2.60. The van der Waals surface area contributed by atoms with Gasteiger partial charge in [-0.25, -0.2) is 0 Å². The van der Waals surface area contributed by atoms with Crippen LogP contribution in [0.15, 0.2) is 30.3 Å². The van der Waals surface area contributed by atoms with Crippen LogP contribution in [0.25, 0.3) is 0 Å². The number of nitrogens with zero attached hydrogens (tertiary/aromatic N) is 1. The van der Waals surface area contributed by atoms with Crippen molar-refractivity contribution < 1.29 is 0 Å². The van der Waals surface area contributed by atoms with E-state index in [1.807, 2.05) is 0 Å². The Balaban J connectivity index is 1.82. The zero-order valence-electron chi connectivity index (χ0n) is 7.82. The number of hydrogen-bond donors (Lipinski definition) is 0. The van der Waals surface area contributed by atoms with E-state index in [1.165, 1.54) is 31.4 Å². The number of piperidine rings is 1. The van der Waals surface area contributed by atoms with Crippen molar-refractivity contribution in [3.8, 4) is 0 Å². The molecule has 2 aliphatic heterocycles. The van der Waals surface area contributed by atoms with Gasteiger partial charge in [-0.3, -0.25) is 4.90 Å². The Morgan fingerprint density at radius 2 is 1.92 bits per heavy atom. The highest BCUT2D eigenvalue weighted by atomic mass is 15.4. The van der Waals surface area contributed by atoms with Gasteiger partial charge in [0.1, 0.15) is 0 Å². The van der Waals surface area contributed by atoms with Crippen molar-refractivity contribution in [2.24, 2.45) is 0 Å². The molecular formula is C12H15N. The Labute approximate surface area is 79.4 Å². The second-order valence-corrected chi connectivity index (χ2v) is 4.16. The van der Waals surface area contributed by atoms with Gasteiger partial charge < -0.3 is 0 Å². The van der Waals surface area contributed by atoms with Crippen LogP contribution in [0.3, 0.4) is 0 Å². The second-order valence-electron chi connectivity index (χ2n) is 4.16. The highest BCUT2D eigenvalue weighted by molar-refractivity contribution is 5.27. The third-order valence-corrected chi connectivity index (χ3v) is 3.37. The van der Waals surface area contributed by atoms with E-state index in [9.17, 15) is 0 Å². The minimum Gasteiger partial charge on any atom is -0.290 e. The molecule has 0 amide bonds. The van der Waals surface area contributed by atoms with Crippen LogP contribution < -0.4 is 0 Å². The molecular weight excluding hydrogens is 158 g/mol. The van der Waals surface area contributed by atoms with Gasteiger partial charge in [0.25, 0.3) is 0 Å². The van der Waals surface area contributed by atoms with Crippen LogP contribution in [0, 0.1) is 0 Å². The fourth-order valence-electron chi connectivity index (χ4n) is 2.67. The van der Waals surface area contributed by atoms with Crippen LogP contribution in [0.2, 0.25) is 0 Å². The average Bonchev–Trinajstić information content (AvgIpc) is 2.93. The molecule has 0 radical (unpaired) electrons. The lowest BCUT2D eigenvalue weighted by Gasteiger charge is -2.08. The van der Waals surface area contributed by atoms with Crippen LogP contribution in [0.4, 0.5) is 0 Å². The summed E-state index contributed by atoms with van der Waals surface area (Å²) in [6.07, 6.45) is 4.25. The molecule has 2 fully saturated rings. The molecule has 2 saturated heterocycles. The van der Waals surface area contributed by atoms with Crippen LogP contribution >= 0.6 is 0 Å². The molecule has 13 heavy (non-hydrogen) atoms. The van der Waals surface area contributed by atoms with E-state index in [4.69, 9.17) is 0 Å². The zero-order chi connectivity index (χ0) is 8.67.